The van der Waals surface area contributed by atoms with Gasteiger partial charge in [0.1, 0.15) is 11.6 Å². The Hall–Kier alpha value is -2.08. The summed E-state index contributed by atoms with van der Waals surface area (Å²) in [6.45, 7) is 1.71. The van der Waals surface area contributed by atoms with Crippen LogP contribution in [0.5, 0.6) is 5.75 Å². The van der Waals surface area contributed by atoms with Gasteiger partial charge >= 0.3 is 0 Å². The maximum Gasteiger partial charge on any atom is 0.259 e. The summed E-state index contributed by atoms with van der Waals surface area (Å²) < 4.78 is 18.8. The number of rotatable bonds is 3. The van der Waals surface area contributed by atoms with Crippen molar-refractivity contribution in [3.05, 3.63) is 51.7 Å². The number of benzene rings is 2. The van der Waals surface area contributed by atoms with Crippen LogP contribution >= 0.6 is 15.9 Å². The number of carbonyl (C=O) groups excluding carboxylic acids is 1. The van der Waals surface area contributed by atoms with E-state index in [0.717, 1.165) is 0 Å². The molecule has 0 bridgehead atoms. The van der Waals surface area contributed by atoms with Crippen LogP contribution in [0.1, 0.15) is 15.9 Å². The van der Waals surface area contributed by atoms with Crippen molar-refractivity contribution in [2.45, 2.75) is 6.92 Å². The van der Waals surface area contributed by atoms with Crippen LogP contribution in [0.4, 0.5) is 15.8 Å². The largest absolute Gasteiger partial charge is 0.496 e. The first kappa shape index (κ1) is 15.3. The third-order valence-corrected chi connectivity index (χ3v) is 3.59. The van der Waals surface area contributed by atoms with Crippen LogP contribution in [-0.2, 0) is 0 Å². The van der Waals surface area contributed by atoms with Crippen LogP contribution in [0.2, 0.25) is 0 Å². The monoisotopic (exact) mass is 352 g/mol. The molecule has 0 unspecified atom stereocenters. The van der Waals surface area contributed by atoms with Gasteiger partial charge in [-0.3, -0.25) is 4.79 Å². The number of nitrogen functional groups attached to an aromatic ring is 1. The quantitative estimate of drug-likeness (QED) is 0.827. The predicted molar refractivity (Wildman–Crippen MR) is 84.2 cm³/mol. The highest BCUT2D eigenvalue weighted by Gasteiger charge is 2.15. The highest BCUT2D eigenvalue weighted by molar-refractivity contribution is 9.10. The van der Waals surface area contributed by atoms with Crippen molar-refractivity contribution in [2.75, 3.05) is 18.2 Å². The molecule has 2 aromatic carbocycles. The van der Waals surface area contributed by atoms with E-state index >= 15 is 0 Å². The van der Waals surface area contributed by atoms with Gasteiger partial charge in [0, 0.05) is 11.4 Å². The summed E-state index contributed by atoms with van der Waals surface area (Å²) in [4.78, 5) is 12.3. The first-order valence-electron chi connectivity index (χ1n) is 6.13. The van der Waals surface area contributed by atoms with Crippen LogP contribution < -0.4 is 15.8 Å². The second kappa shape index (κ2) is 6.13. The van der Waals surface area contributed by atoms with Crippen molar-refractivity contribution in [2.24, 2.45) is 0 Å². The number of ether oxygens (including phenoxy) is 1. The fraction of sp³-hybridized carbons (Fsp3) is 0.133. The third kappa shape index (κ3) is 3.33. The lowest BCUT2D eigenvalue weighted by molar-refractivity contribution is 0.102. The second-order valence-electron chi connectivity index (χ2n) is 4.50. The molecular weight excluding hydrogens is 339 g/mol. The number of amides is 1. The van der Waals surface area contributed by atoms with E-state index in [1.54, 1.807) is 19.1 Å². The molecule has 2 aromatic rings. The summed E-state index contributed by atoms with van der Waals surface area (Å²) in [5, 5.41) is 2.73. The molecule has 2 rings (SSSR count). The molecule has 0 spiro atoms. The summed E-state index contributed by atoms with van der Waals surface area (Å²) in [5.74, 6) is -0.340. The number of carbonyl (C=O) groups is 1. The first-order chi connectivity index (χ1) is 9.92. The number of methoxy groups -OCH3 is 1. The Labute approximate surface area is 130 Å². The van der Waals surface area contributed by atoms with Gasteiger partial charge in [0.05, 0.1) is 17.1 Å². The smallest absolute Gasteiger partial charge is 0.259 e. The van der Waals surface area contributed by atoms with Crippen LogP contribution in [0, 0.1) is 12.7 Å². The van der Waals surface area contributed by atoms with E-state index in [1.807, 2.05) is 0 Å². The van der Waals surface area contributed by atoms with Gasteiger partial charge in [-0.1, -0.05) is 0 Å². The summed E-state index contributed by atoms with van der Waals surface area (Å²) in [6, 6.07) is 7.66. The van der Waals surface area contributed by atoms with Crippen LogP contribution in [0.3, 0.4) is 0 Å². The van der Waals surface area contributed by atoms with Gasteiger partial charge in [0.2, 0.25) is 0 Å². The molecule has 0 heterocycles. The minimum Gasteiger partial charge on any atom is -0.496 e. The Morgan fingerprint density at radius 1 is 1.33 bits per heavy atom. The maximum absolute atomic E-state index is 13.4. The topological polar surface area (TPSA) is 64.3 Å². The van der Waals surface area contributed by atoms with E-state index in [0.29, 0.717) is 28.3 Å². The van der Waals surface area contributed by atoms with Gasteiger partial charge in [0.25, 0.3) is 5.91 Å². The van der Waals surface area contributed by atoms with Crippen molar-refractivity contribution in [3.8, 4) is 5.75 Å². The molecule has 0 saturated carbocycles. The molecule has 0 aliphatic heterocycles. The second-order valence-corrected chi connectivity index (χ2v) is 5.35. The molecule has 0 radical (unpaired) electrons. The summed E-state index contributed by atoms with van der Waals surface area (Å²) in [6.07, 6.45) is 0. The van der Waals surface area contributed by atoms with Crippen LogP contribution in [-0.4, -0.2) is 13.0 Å². The van der Waals surface area contributed by atoms with Crippen molar-refractivity contribution < 1.29 is 13.9 Å². The summed E-state index contributed by atoms with van der Waals surface area (Å²) >= 11 is 3.10. The average Bonchev–Trinajstić information content (AvgIpc) is 2.44. The van der Waals surface area contributed by atoms with Crippen molar-refractivity contribution in [1.29, 1.82) is 0 Å². The SMILES string of the molecule is COc1ccc(N)cc1C(=O)Nc1cc(Br)c(F)cc1C. The zero-order chi connectivity index (χ0) is 15.6. The fourth-order valence-corrected chi connectivity index (χ4v) is 2.22. The number of anilines is 2. The van der Waals surface area contributed by atoms with Crippen LogP contribution in [0.15, 0.2) is 34.8 Å². The molecular formula is C15H14BrFN2O2. The Morgan fingerprint density at radius 2 is 2.05 bits per heavy atom. The summed E-state index contributed by atoms with van der Waals surface area (Å²) in [7, 11) is 1.47. The fourth-order valence-electron chi connectivity index (χ4n) is 1.87. The van der Waals surface area contributed by atoms with E-state index in [2.05, 4.69) is 21.2 Å². The molecule has 0 aliphatic rings. The van der Waals surface area contributed by atoms with Gasteiger partial charge in [-0.25, -0.2) is 4.39 Å². The third-order valence-electron chi connectivity index (χ3n) is 2.98. The molecule has 0 fully saturated rings. The Bertz CT molecular complexity index is 704. The molecule has 3 N–H and O–H groups in total. The zero-order valence-electron chi connectivity index (χ0n) is 11.5. The molecule has 6 heteroatoms. The van der Waals surface area contributed by atoms with Gasteiger partial charge < -0.3 is 15.8 Å². The minimum atomic E-state index is -0.382. The predicted octanol–water partition coefficient (Wildman–Crippen LogP) is 3.74. The number of nitrogens with one attached hydrogen (secondary N) is 1. The molecule has 21 heavy (non-hydrogen) atoms. The minimum absolute atomic E-state index is 0.281. The van der Waals surface area contributed by atoms with E-state index < -0.39 is 0 Å². The van der Waals surface area contributed by atoms with Gasteiger partial charge in [-0.15, -0.1) is 0 Å². The molecule has 0 saturated heterocycles. The molecule has 0 aliphatic carbocycles. The number of nitrogens with two attached hydrogens (primary N) is 1. The normalized spacial score (nSPS) is 10.3. The zero-order valence-corrected chi connectivity index (χ0v) is 13.1. The van der Waals surface area contributed by atoms with Crippen molar-refractivity contribution >= 4 is 33.2 Å². The number of aryl methyl sites for hydroxylation is 1. The lowest BCUT2D eigenvalue weighted by Gasteiger charge is -2.12. The first-order valence-corrected chi connectivity index (χ1v) is 6.92. The molecule has 1 amide bonds. The van der Waals surface area contributed by atoms with Crippen molar-refractivity contribution in [1.82, 2.24) is 0 Å². The lowest BCUT2D eigenvalue weighted by atomic mass is 10.1. The van der Waals surface area contributed by atoms with E-state index in [9.17, 15) is 9.18 Å². The number of halogens is 2. The molecule has 0 atom stereocenters. The van der Waals surface area contributed by atoms with Gasteiger partial charge in [-0.2, -0.15) is 0 Å². The average molecular weight is 353 g/mol. The summed E-state index contributed by atoms with van der Waals surface area (Å²) in [5.41, 5.74) is 7.60. The molecule has 0 aromatic heterocycles. The van der Waals surface area contributed by atoms with E-state index in [-0.39, 0.29) is 16.2 Å². The molecule has 110 valence electrons. The highest BCUT2D eigenvalue weighted by atomic mass is 79.9. The number of hydrogen-bond donors (Lipinski definition) is 2. The lowest BCUT2D eigenvalue weighted by Crippen LogP contribution is -2.14. The molecule has 4 nitrogen and oxygen atoms in total. The highest BCUT2D eigenvalue weighted by Crippen LogP contribution is 2.26. The number of hydrogen-bond acceptors (Lipinski definition) is 3. The Balaban J connectivity index is 2.34. The standard InChI is InChI=1S/C15H14BrFN2O2/c1-8-5-12(17)11(16)7-13(8)19-15(20)10-6-9(18)3-4-14(10)21-2/h3-7H,18H2,1-2H3,(H,19,20). The van der Waals surface area contributed by atoms with E-state index in [1.165, 1.54) is 25.3 Å². The Kier molecular flexibility index (Phi) is 4.47. The maximum atomic E-state index is 13.4. The van der Waals surface area contributed by atoms with Crippen molar-refractivity contribution in [3.63, 3.8) is 0 Å². The van der Waals surface area contributed by atoms with Crippen LogP contribution in [0.25, 0.3) is 0 Å². The Morgan fingerprint density at radius 3 is 2.71 bits per heavy atom. The van der Waals surface area contributed by atoms with Gasteiger partial charge in [0.15, 0.2) is 0 Å². The van der Waals surface area contributed by atoms with Gasteiger partial charge in [-0.05, 0) is 58.7 Å². The van der Waals surface area contributed by atoms with E-state index in [4.69, 9.17) is 10.5 Å².